The molecule has 0 saturated heterocycles. The van der Waals surface area contributed by atoms with Crippen LogP contribution >= 0.6 is 11.6 Å². The highest BCUT2D eigenvalue weighted by Crippen LogP contribution is 2.32. The first kappa shape index (κ1) is 50.1. The molecular formula is C46H42ClN11O9S3. The minimum Gasteiger partial charge on any atom is -0.371 e. The van der Waals surface area contributed by atoms with Crippen LogP contribution in [0.5, 0.6) is 17.2 Å². The molecule has 0 saturated carbocycles. The summed E-state index contributed by atoms with van der Waals surface area (Å²) in [6.07, 6.45) is 9.90. The van der Waals surface area contributed by atoms with Crippen LogP contribution in [0.25, 0.3) is 33.4 Å². The fourth-order valence-electron chi connectivity index (χ4n) is 6.70. The first-order valence-corrected chi connectivity index (χ1v) is 25.3. The highest BCUT2D eigenvalue weighted by molar-refractivity contribution is 7.85. The van der Waals surface area contributed by atoms with Crippen molar-refractivity contribution >= 4 is 42.5 Å². The third kappa shape index (κ3) is 15.9. The van der Waals surface area contributed by atoms with Crippen LogP contribution < -0.4 is 28.0 Å². The molecule has 9 aromatic rings. The van der Waals surface area contributed by atoms with Crippen molar-refractivity contribution in [2.45, 2.75) is 19.6 Å². The van der Waals surface area contributed by atoms with Gasteiger partial charge in [0.05, 0.1) is 24.7 Å². The lowest BCUT2D eigenvalue weighted by atomic mass is 10.0. The molecule has 0 radical (unpaired) electrons. The number of hydrogen-bond donors (Lipinski definition) is 3. The Balaban J connectivity index is 0.000000155. The van der Waals surface area contributed by atoms with Crippen LogP contribution in [-0.4, -0.2) is 64.6 Å². The summed E-state index contributed by atoms with van der Waals surface area (Å²) in [6, 6.07) is 43.8. The van der Waals surface area contributed by atoms with Crippen molar-refractivity contribution in [1.29, 1.82) is 0 Å². The Morgan fingerprint density at radius 1 is 0.443 bits per heavy atom. The molecule has 24 heteroatoms. The fourth-order valence-corrected chi connectivity index (χ4v) is 8.12. The minimum absolute atomic E-state index is 0.00406. The van der Waals surface area contributed by atoms with Crippen molar-refractivity contribution in [2.24, 2.45) is 15.4 Å². The average Bonchev–Trinajstić information content (AvgIpc) is 4.13. The molecule has 0 bridgehead atoms. The second kappa shape index (κ2) is 22.6. The SMILES string of the molecule is NS(=O)(=O)Oc1ccc(-c2cccc(Cn3cccn3)c2)cc1Cl.NS(=O)(=O)Oc1ccc(-c2cccc(Cn3cncn3)c2)cc1.NS(=O)(=O)Oc1cccc(-c2cccc(Cn3cncn3)c2)c1. The molecule has 0 amide bonds. The van der Waals surface area contributed by atoms with Gasteiger partial charge in [-0.3, -0.25) is 4.68 Å². The van der Waals surface area contributed by atoms with Crippen molar-refractivity contribution in [3.05, 3.63) is 205 Å². The van der Waals surface area contributed by atoms with E-state index in [4.69, 9.17) is 31.2 Å². The summed E-state index contributed by atoms with van der Waals surface area (Å²) < 4.78 is 85.1. The van der Waals surface area contributed by atoms with Gasteiger partial charge in [0.15, 0.2) is 5.75 Å². The van der Waals surface area contributed by atoms with E-state index >= 15 is 0 Å². The van der Waals surface area contributed by atoms with Crippen LogP contribution in [0.15, 0.2) is 183 Å². The number of benzene rings is 6. The van der Waals surface area contributed by atoms with E-state index in [1.54, 1.807) is 76.7 Å². The van der Waals surface area contributed by atoms with Crippen molar-refractivity contribution in [3.63, 3.8) is 0 Å². The summed E-state index contributed by atoms with van der Waals surface area (Å²) in [4.78, 5) is 7.83. The lowest BCUT2D eigenvalue weighted by molar-refractivity contribution is 0.486. The Hall–Kier alpha value is -7.77. The maximum atomic E-state index is 11.0. The van der Waals surface area contributed by atoms with Crippen LogP contribution in [-0.2, 0) is 50.5 Å². The van der Waals surface area contributed by atoms with E-state index in [1.165, 1.54) is 24.8 Å². The topological polar surface area (TPSA) is 287 Å². The zero-order valence-electron chi connectivity index (χ0n) is 36.5. The van der Waals surface area contributed by atoms with Crippen molar-refractivity contribution < 1.29 is 37.8 Å². The maximum Gasteiger partial charge on any atom is 0.380 e. The van der Waals surface area contributed by atoms with E-state index < -0.39 is 30.9 Å². The number of halogens is 1. The van der Waals surface area contributed by atoms with Gasteiger partial charge < -0.3 is 12.5 Å². The smallest absolute Gasteiger partial charge is 0.371 e. The lowest BCUT2D eigenvalue weighted by Gasteiger charge is -2.09. The Bertz CT molecular complexity index is 3490. The summed E-state index contributed by atoms with van der Waals surface area (Å²) >= 11 is 6.08. The molecule has 3 heterocycles. The van der Waals surface area contributed by atoms with Crippen LogP contribution in [0.3, 0.4) is 0 Å². The van der Waals surface area contributed by atoms with Gasteiger partial charge in [-0.15, -0.1) is 0 Å². The molecule has 6 aromatic carbocycles. The number of nitrogens with zero attached hydrogens (tertiary/aromatic N) is 8. The van der Waals surface area contributed by atoms with Gasteiger partial charge >= 0.3 is 30.9 Å². The van der Waals surface area contributed by atoms with Crippen molar-refractivity contribution in [3.8, 4) is 50.6 Å². The fraction of sp³-hybridized carbons (Fsp3) is 0.0652. The zero-order valence-corrected chi connectivity index (χ0v) is 39.7. The van der Waals surface area contributed by atoms with Gasteiger partial charge in [0.1, 0.15) is 36.8 Å². The van der Waals surface area contributed by atoms with Gasteiger partial charge in [0, 0.05) is 12.4 Å². The molecule has 0 unspecified atom stereocenters. The third-order valence-corrected chi connectivity index (χ3v) is 11.1. The molecular weight excluding hydrogens is 982 g/mol. The number of rotatable bonds is 15. The molecule has 0 fully saturated rings. The van der Waals surface area contributed by atoms with E-state index in [-0.39, 0.29) is 22.3 Å². The molecule has 0 aliphatic rings. The van der Waals surface area contributed by atoms with E-state index in [2.05, 4.69) is 33.6 Å². The van der Waals surface area contributed by atoms with E-state index in [0.29, 0.717) is 19.6 Å². The van der Waals surface area contributed by atoms with Gasteiger partial charge in [-0.25, -0.2) is 19.3 Å². The molecule has 0 atom stereocenters. The third-order valence-electron chi connectivity index (χ3n) is 9.56. The molecule has 0 spiro atoms. The second-order valence-electron chi connectivity index (χ2n) is 14.9. The Labute approximate surface area is 408 Å². The lowest BCUT2D eigenvalue weighted by Crippen LogP contribution is -2.19. The largest absolute Gasteiger partial charge is 0.380 e. The first-order chi connectivity index (χ1) is 33.4. The van der Waals surface area contributed by atoms with Gasteiger partial charge in [-0.2, -0.15) is 56.0 Å². The van der Waals surface area contributed by atoms with Gasteiger partial charge in [-0.1, -0.05) is 96.5 Å². The monoisotopic (exact) mass is 1020 g/mol. The Morgan fingerprint density at radius 3 is 1.34 bits per heavy atom. The predicted octanol–water partition coefficient (Wildman–Crippen LogP) is 5.99. The molecule has 360 valence electrons. The maximum absolute atomic E-state index is 11.0. The number of nitrogens with two attached hydrogens (primary N) is 3. The van der Waals surface area contributed by atoms with Crippen molar-refractivity contribution in [2.75, 3.05) is 0 Å². The molecule has 3 aromatic heterocycles. The van der Waals surface area contributed by atoms with Crippen LogP contribution in [0.2, 0.25) is 5.02 Å². The first-order valence-electron chi connectivity index (χ1n) is 20.5. The standard InChI is InChI=1S/C16H14ClN3O3S.2C15H14N4O3S/c17-15-10-14(5-6-16(15)23-24(18,21)22)13-4-1-3-12(9-13)11-20-8-2-7-19-20;16-23(20,21)22-15-6-2-5-14(8-15)13-4-1-3-12(7-13)9-19-11-17-10-18-19;16-23(20,21)22-15-6-4-13(5-7-15)14-3-1-2-12(8-14)9-19-11-17-10-18-19/h1-10H,11H2,(H2,18,21,22);2*1-8,10-11H,9H2,(H2,16,20,21). The summed E-state index contributed by atoms with van der Waals surface area (Å²) in [5.74, 6) is 0.345. The van der Waals surface area contributed by atoms with Crippen LogP contribution in [0, 0.1) is 0 Å². The summed E-state index contributed by atoms with van der Waals surface area (Å²) in [5.41, 5.74) is 8.69. The van der Waals surface area contributed by atoms with Gasteiger partial charge in [0.25, 0.3) is 0 Å². The van der Waals surface area contributed by atoms with Crippen molar-refractivity contribution in [1.82, 2.24) is 39.3 Å². The minimum atomic E-state index is -4.11. The number of aromatic nitrogens is 8. The van der Waals surface area contributed by atoms with Crippen LogP contribution in [0.1, 0.15) is 16.7 Å². The predicted molar refractivity (Wildman–Crippen MR) is 261 cm³/mol. The molecule has 20 nitrogen and oxygen atoms in total. The highest BCUT2D eigenvalue weighted by Gasteiger charge is 2.12. The Kier molecular flexibility index (Phi) is 16.2. The highest BCUT2D eigenvalue weighted by atomic mass is 35.5. The summed E-state index contributed by atoms with van der Waals surface area (Å²) in [5, 5.41) is 27.1. The zero-order chi connectivity index (χ0) is 49.7. The molecule has 70 heavy (non-hydrogen) atoms. The molecule has 0 aliphatic heterocycles. The van der Waals surface area contributed by atoms with Gasteiger partial charge in [0.2, 0.25) is 0 Å². The Morgan fingerprint density at radius 2 is 0.886 bits per heavy atom. The summed E-state index contributed by atoms with van der Waals surface area (Å²) in [6.45, 7) is 1.88. The average molecular weight is 1020 g/mol. The summed E-state index contributed by atoms with van der Waals surface area (Å²) in [7, 11) is -12.2. The molecule has 9 rings (SSSR count). The molecule has 6 N–H and O–H groups in total. The number of hydrogen-bond acceptors (Lipinski definition) is 14. The quantitative estimate of drug-likeness (QED) is 0.106. The van der Waals surface area contributed by atoms with E-state index in [0.717, 1.165) is 50.1 Å². The van der Waals surface area contributed by atoms with E-state index in [9.17, 15) is 25.3 Å². The van der Waals surface area contributed by atoms with Gasteiger partial charge in [-0.05, 0) is 111 Å². The normalized spacial score (nSPS) is 11.4. The van der Waals surface area contributed by atoms with Crippen LogP contribution in [0.4, 0.5) is 0 Å². The molecule has 0 aliphatic carbocycles. The second-order valence-corrected chi connectivity index (χ2v) is 18.8. The van der Waals surface area contributed by atoms with E-state index in [1.807, 2.05) is 95.8 Å².